The fraction of sp³-hybridized carbons (Fsp3) is 0.515. The summed E-state index contributed by atoms with van der Waals surface area (Å²) in [4.78, 5) is 37.0. The number of rotatable bonds is 11. The molecule has 0 amide bonds. The van der Waals surface area contributed by atoms with E-state index in [4.69, 9.17) is 9.72 Å². The van der Waals surface area contributed by atoms with Crippen molar-refractivity contribution in [1.29, 1.82) is 0 Å². The lowest BCUT2D eigenvalue weighted by Crippen LogP contribution is -2.54. The van der Waals surface area contributed by atoms with E-state index in [1.54, 1.807) is 11.8 Å². The maximum Gasteiger partial charge on any atom is 0.328 e. The summed E-state index contributed by atoms with van der Waals surface area (Å²) in [6.45, 7) is 6.36. The van der Waals surface area contributed by atoms with Gasteiger partial charge in [-0.2, -0.15) is 0 Å². The van der Waals surface area contributed by atoms with Crippen LogP contribution in [0.4, 0.5) is 0 Å². The van der Waals surface area contributed by atoms with Gasteiger partial charge in [0.1, 0.15) is 17.4 Å². The minimum Gasteiger partial charge on any atom is -0.464 e. The smallest absolute Gasteiger partial charge is 0.328 e. The number of fused-ring (bicyclic) bond motifs is 1. The van der Waals surface area contributed by atoms with Gasteiger partial charge in [0.15, 0.2) is 11.4 Å². The summed E-state index contributed by atoms with van der Waals surface area (Å²) in [6, 6.07) is 11.7. The molecule has 0 unspecified atom stereocenters. The molecule has 1 atom stereocenters. The summed E-state index contributed by atoms with van der Waals surface area (Å²) in [6.07, 6.45) is 10.7. The summed E-state index contributed by atoms with van der Waals surface area (Å²) < 4.78 is 7.69. The Hall–Kier alpha value is -3.13. The van der Waals surface area contributed by atoms with Gasteiger partial charge in [0.2, 0.25) is 0 Å². The monoisotopic (exact) mass is 572 g/mol. The number of nitrogens with one attached hydrogen (secondary N) is 1. The minimum absolute atomic E-state index is 0.258. The number of hydrogen-bond acceptors (Lipinski definition) is 7. The number of hydrogen-bond donors (Lipinski definition) is 1. The summed E-state index contributed by atoms with van der Waals surface area (Å²) in [5.74, 6) is 1.74. The maximum absolute atomic E-state index is 13.4. The van der Waals surface area contributed by atoms with E-state index in [1.807, 2.05) is 25.3 Å². The van der Waals surface area contributed by atoms with Gasteiger partial charge < -0.3 is 10.1 Å². The van der Waals surface area contributed by atoms with Crippen LogP contribution in [0.5, 0.6) is 0 Å². The number of nitrogens with zero attached hydrogens (tertiary/aromatic N) is 3. The van der Waals surface area contributed by atoms with Crippen molar-refractivity contribution in [3.63, 3.8) is 0 Å². The summed E-state index contributed by atoms with van der Waals surface area (Å²) in [5, 5.41) is 3.87. The fourth-order valence-corrected chi connectivity index (χ4v) is 7.50. The molecular formula is C33H40N4O3S. The van der Waals surface area contributed by atoms with Crippen molar-refractivity contribution in [1.82, 2.24) is 19.9 Å². The third-order valence-corrected chi connectivity index (χ3v) is 9.68. The lowest BCUT2D eigenvalue weighted by molar-refractivity contribution is -0.146. The molecular weight excluding hydrogens is 532 g/mol. The van der Waals surface area contributed by atoms with E-state index in [9.17, 15) is 9.59 Å². The first-order valence-electron chi connectivity index (χ1n) is 15.2. The maximum atomic E-state index is 13.4. The van der Waals surface area contributed by atoms with Gasteiger partial charge in [-0.05, 0) is 68.4 Å². The normalized spacial score (nSPS) is 19.1. The zero-order valence-electron chi connectivity index (χ0n) is 24.3. The van der Waals surface area contributed by atoms with E-state index < -0.39 is 11.5 Å². The predicted molar refractivity (Wildman–Crippen MR) is 163 cm³/mol. The predicted octanol–water partition coefficient (Wildman–Crippen LogP) is 6.32. The molecule has 41 heavy (non-hydrogen) atoms. The molecule has 1 aromatic carbocycles. The molecule has 1 N–H and O–H groups in total. The van der Waals surface area contributed by atoms with Gasteiger partial charge >= 0.3 is 5.97 Å². The van der Waals surface area contributed by atoms with Crippen LogP contribution in [0.3, 0.4) is 0 Å². The van der Waals surface area contributed by atoms with Gasteiger partial charge in [-0.15, -0.1) is 11.8 Å². The van der Waals surface area contributed by atoms with E-state index in [0.717, 1.165) is 77.4 Å². The number of thioether (sulfide) groups is 1. The largest absolute Gasteiger partial charge is 0.464 e. The molecule has 2 heterocycles. The molecule has 216 valence electrons. The van der Waals surface area contributed by atoms with E-state index in [1.165, 1.54) is 12.8 Å². The van der Waals surface area contributed by atoms with Crippen molar-refractivity contribution < 1.29 is 14.3 Å². The lowest BCUT2D eigenvalue weighted by atomic mass is 9.62. The zero-order chi connectivity index (χ0) is 28.6. The number of allylic oxidation sites excluding steroid dienone is 2. The molecule has 0 bridgehead atoms. The van der Waals surface area contributed by atoms with Gasteiger partial charge in [-0.25, -0.2) is 14.8 Å². The Labute approximate surface area is 246 Å². The molecule has 7 nitrogen and oxygen atoms in total. The van der Waals surface area contributed by atoms with Crippen molar-refractivity contribution in [2.45, 2.75) is 89.9 Å². The molecule has 1 spiro atoms. The van der Waals surface area contributed by atoms with Crippen LogP contribution in [0.15, 0.2) is 53.2 Å². The van der Waals surface area contributed by atoms with Crippen LogP contribution in [0, 0.1) is 11.3 Å². The van der Waals surface area contributed by atoms with Crippen LogP contribution in [-0.2, 0) is 27.2 Å². The number of esters is 1. The Morgan fingerprint density at radius 3 is 2.59 bits per heavy atom. The highest BCUT2D eigenvalue weighted by atomic mass is 32.2. The molecule has 6 rings (SSSR count). The minimum atomic E-state index is -0.563. The zero-order valence-corrected chi connectivity index (χ0v) is 25.1. The Morgan fingerprint density at radius 1 is 1.15 bits per heavy atom. The Morgan fingerprint density at radius 2 is 1.90 bits per heavy atom. The first-order chi connectivity index (χ1) is 19.9. The Bertz CT molecular complexity index is 1470. The van der Waals surface area contributed by atoms with Crippen LogP contribution in [0.25, 0.3) is 16.9 Å². The molecule has 8 heteroatoms. The van der Waals surface area contributed by atoms with Gasteiger partial charge in [0.05, 0.1) is 16.9 Å². The topological polar surface area (TPSA) is 86.1 Å². The van der Waals surface area contributed by atoms with Crippen LogP contribution in [0.1, 0.15) is 77.1 Å². The van der Waals surface area contributed by atoms with Gasteiger partial charge in [-0.1, -0.05) is 45.2 Å². The number of Topliss-reactive ketones (excluding diaryl/α,β-unsaturated/α-hetero) is 1. The molecule has 2 saturated carbocycles. The first-order valence-corrected chi connectivity index (χ1v) is 16.1. The van der Waals surface area contributed by atoms with Crippen LogP contribution in [0.2, 0.25) is 0 Å². The third kappa shape index (κ3) is 5.55. The van der Waals surface area contributed by atoms with Crippen molar-refractivity contribution in [3.05, 3.63) is 64.6 Å². The SMILES string of the molecule is CCOC(=O)[C@H](Cc1ccc(-n2c(CC3CC3)nc3cccnc32)cc1)NC1=C(SC(C)C)C(=O)C12CCCCC2. The summed E-state index contributed by atoms with van der Waals surface area (Å²) in [7, 11) is 0. The number of imidazole rings is 1. The number of ether oxygens (including phenoxy) is 1. The van der Waals surface area contributed by atoms with Crippen molar-refractivity contribution in [2.75, 3.05) is 6.61 Å². The van der Waals surface area contributed by atoms with Crippen molar-refractivity contribution in [2.24, 2.45) is 11.3 Å². The van der Waals surface area contributed by atoms with E-state index in [-0.39, 0.29) is 11.8 Å². The van der Waals surface area contributed by atoms with Crippen molar-refractivity contribution in [3.8, 4) is 5.69 Å². The number of benzene rings is 1. The van der Waals surface area contributed by atoms with Crippen molar-refractivity contribution >= 4 is 34.7 Å². The summed E-state index contributed by atoms with van der Waals surface area (Å²) >= 11 is 1.61. The number of carbonyl (C=O) groups excluding carboxylic acids is 2. The standard InChI is InChI=1S/C33H40N4O3S/c1-4-40-32(39)26(36-29-28(41-21(2)3)30(38)33(29)16-6-5-7-17-33)19-22-12-14-24(15-13-22)37-27(20-23-10-11-23)35-25-9-8-18-34-31(25)37/h8-9,12-15,18,21,23,26,36H,4-7,10-11,16-17,19-20H2,1-3H3/t26-/m0/s1. The average molecular weight is 573 g/mol. The van der Waals surface area contributed by atoms with Gasteiger partial charge in [-0.3, -0.25) is 9.36 Å². The fourth-order valence-electron chi connectivity index (χ4n) is 6.36. The highest BCUT2D eigenvalue weighted by molar-refractivity contribution is 8.04. The number of ketones is 1. The molecule has 2 aromatic heterocycles. The number of pyridine rings is 1. The molecule has 3 aliphatic carbocycles. The molecule has 0 aliphatic heterocycles. The second-order valence-electron chi connectivity index (χ2n) is 12.0. The van der Waals surface area contributed by atoms with E-state index in [2.05, 4.69) is 53.0 Å². The second kappa shape index (κ2) is 11.6. The highest BCUT2D eigenvalue weighted by Crippen LogP contribution is 2.55. The second-order valence-corrected chi connectivity index (χ2v) is 13.6. The molecule has 3 aliphatic rings. The average Bonchev–Trinajstić information content (AvgIpc) is 3.72. The van der Waals surface area contributed by atoms with Gasteiger partial charge in [0.25, 0.3) is 0 Å². The van der Waals surface area contributed by atoms with E-state index >= 15 is 0 Å². The van der Waals surface area contributed by atoms with Gasteiger partial charge in [0, 0.05) is 35.7 Å². The van der Waals surface area contributed by atoms with Crippen LogP contribution in [-0.4, -0.2) is 44.2 Å². The Balaban J connectivity index is 1.28. The lowest BCUT2D eigenvalue weighted by Gasteiger charge is -2.47. The van der Waals surface area contributed by atoms with Crippen LogP contribution >= 0.6 is 11.8 Å². The quantitative estimate of drug-likeness (QED) is 0.269. The first kappa shape index (κ1) is 28.0. The molecule has 0 radical (unpaired) electrons. The molecule has 2 fully saturated rings. The third-order valence-electron chi connectivity index (χ3n) is 8.58. The number of carbonyl (C=O) groups is 2. The highest BCUT2D eigenvalue weighted by Gasteiger charge is 2.54. The van der Waals surface area contributed by atoms with Crippen LogP contribution < -0.4 is 5.32 Å². The van der Waals surface area contributed by atoms with E-state index in [0.29, 0.717) is 24.2 Å². The number of aromatic nitrogens is 3. The molecule has 0 saturated heterocycles. The Kier molecular flexibility index (Phi) is 7.94. The molecule has 3 aromatic rings. The summed E-state index contributed by atoms with van der Waals surface area (Å²) in [5.41, 5.74) is 4.34.